The molecule has 0 saturated heterocycles. The number of phosphoric ester groups is 1. The van der Waals surface area contributed by atoms with Crippen LogP contribution in [-0.4, -0.2) is 28.3 Å². The minimum Gasteiger partial charge on any atom is -0.324 e. The van der Waals surface area contributed by atoms with Crippen LogP contribution in [0.1, 0.15) is 5.56 Å². The minimum atomic E-state index is -4.70. The fourth-order valence-corrected chi connectivity index (χ4v) is 1.76. The van der Waals surface area contributed by atoms with Crippen LogP contribution in [0.15, 0.2) is 24.3 Å². The number of nitrogens with one attached hydrogen (secondary N) is 1. The van der Waals surface area contributed by atoms with Gasteiger partial charge in [0.2, 0.25) is 5.91 Å². The lowest BCUT2D eigenvalue weighted by Crippen LogP contribution is -2.39. The number of rotatable bonds is 5. The van der Waals surface area contributed by atoms with E-state index in [0.29, 0.717) is 11.3 Å². The lowest BCUT2D eigenvalue weighted by Gasteiger charge is -2.13. The highest BCUT2D eigenvalue weighted by Gasteiger charge is 2.21. The summed E-state index contributed by atoms with van der Waals surface area (Å²) in [6.07, 6.45) is 4.94. The number of hydrogen-bond acceptors (Lipinski definition) is 4. The highest BCUT2D eigenvalue weighted by Crippen LogP contribution is 2.35. The van der Waals surface area contributed by atoms with E-state index in [1.54, 1.807) is 24.3 Å². The summed E-state index contributed by atoms with van der Waals surface area (Å²) >= 11 is 0. The quantitative estimate of drug-likeness (QED) is 0.437. The molecule has 126 valence electrons. The normalized spacial score (nSPS) is 10.5. The zero-order chi connectivity index (χ0) is 18.7. The van der Waals surface area contributed by atoms with E-state index in [9.17, 15) is 9.36 Å². The zero-order valence-corrected chi connectivity index (χ0v) is 13.7. The van der Waals surface area contributed by atoms with Crippen molar-refractivity contribution in [3.8, 4) is 47.9 Å². The molecule has 0 fully saturated rings. The van der Waals surface area contributed by atoms with Gasteiger partial charge in [0.25, 0.3) is 0 Å². The van der Waals surface area contributed by atoms with Gasteiger partial charge in [-0.1, -0.05) is 18.1 Å². The second-order valence-corrected chi connectivity index (χ2v) is 5.56. The Kier molecular flexibility index (Phi) is 8.01. The van der Waals surface area contributed by atoms with Crippen molar-refractivity contribution in [3.05, 3.63) is 29.8 Å². The minimum absolute atomic E-state index is 0.364. The molecule has 0 saturated carbocycles. The lowest BCUT2D eigenvalue weighted by atomic mass is 10.1. The van der Waals surface area contributed by atoms with Crippen molar-refractivity contribution >= 4 is 19.4 Å². The van der Waals surface area contributed by atoms with Gasteiger partial charge in [0, 0.05) is 5.56 Å². The third-order valence-corrected chi connectivity index (χ3v) is 2.95. The average Bonchev–Trinajstić information content (AvgIpc) is 2.56. The number of terminal acetylenes is 1. The van der Waals surface area contributed by atoms with Gasteiger partial charge in [0.05, 0.1) is 12.3 Å². The van der Waals surface area contributed by atoms with Crippen LogP contribution in [0.5, 0.6) is 0 Å². The molecule has 0 aromatic heterocycles. The van der Waals surface area contributed by atoms with Crippen LogP contribution in [0.2, 0.25) is 0 Å². The Hall–Kier alpha value is -3.00. The third kappa shape index (κ3) is 8.42. The third-order valence-electron chi connectivity index (χ3n) is 2.46. The van der Waals surface area contributed by atoms with Gasteiger partial charge in [-0.15, -0.1) is 6.42 Å². The molecule has 1 rings (SSSR count). The summed E-state index contributed by atoms with van der Waals surface area (Å²) in [7, 11) is -4.70. The van der Waals surface area contributed by atoms with Crippen molar-refractivity contribution in [1.29, 1.82) is 0 Å². The Labute approximate surface area is 145 Å². The van der Waals surface area contributed by atoms with E-state index < -0.39 is 26.4 Å². The fraction of sp³-hybridized carbons (Fsp3) is 0.118. The van der Waals surface area contributed by atoms with Crippen LogP contribution in [0, 0.1) is 47.9 Å². The molecule has 1 amide bonds. The van der Waals surface area contributed by atoms with Crippen molar-refractivity contribution in [1.82, 2.24) is 0 Å². The molecule has 0 aliphatic heterocycles. The van der Waals surface area contributed by atoms with Crippen molar-refractivity contribution in [3.63, 3.8) is 0 Å². The fourth-order valence-electron chi connectivity index (χ4n) is 1.41. The van der Waals surface area contributed by atoms with E-state index in [1.807, 2.05) is 0 Å². The largest absolute Gasteiger partial charge is 0.469 e. The summed E-state index contributed by atoms with van der Waals surface area (Å²) in [6, 6.07) is 5.34. The average molecular weight is 356 g/mol. The summed E-state index contributed by atoms with van der Waals surface area (Å²) < 4.78 is 14.8. The molecule has 7 nitrogen and oxygen atoms in total. The number of benzene rings is 1. The van der Waals surface area contributed by atoms with Crippen LogP contribution in [-0.2, 0) is 13.9 Å². The van der Waals surface area contributed by atoms with Crippen molar-refractivity contribution in [2.24, 2.45) is 5.73 Å². The van der Waals surface area contributed by atoms with Crippen molar-refractivity contribution in [2.45, 2.75) is 6.04 Å². The maximum absolute atomic E-state index is 11.9. The number of carbonyl (C=O) groups excluding carboxylic acids is 1. The summed E-state index contributed by atoms with van der Waals surface area (Å²) in [5.74, 6) is 16.4. The summed E-state index contributed by atoms with van der Waals surface area (Å²) in [4.78, 5) is 29.2. The molecule has 0 bridgehead atoms. The first-order valence-corrected chi connectivity index (χ1v) is 8.18. The molecule has 1 atom stereocenters. The van der Waals surface area contributed by atoms with Gasteiger partial charge >= 0.3 is 7.82 Å². The number of amides is 1. The first kappa shape index (κ1) is 20.0. The molecule has 0 spiro atoms. The Morgan fingerprint density at radius 3 is 2.56 bits per heavy atom. The Morgan fingerprint density at radius 1 is 1.24 bits per heavy atom. The Balaban J connectivity index is 2.81. The van der Waals surface area contributed by atoms with Crippen LogP contribution < -0.4 is 11.1 Å². The van der Waals surface area contributed by atoms with E-state index in [1.165, 1.54) is 0 Å². The predicted octanol–water partition coefficient (Wildman–Crippen LogP) is 0.0532. The molecule has 5 N–H and O–H groups in total. The van der Waals surface area contributed by atoms with E-state index in [-0.39, 0.29) is 0 Å². The predicted molar refractivity (Wildman–Crippen MR) is 92.3 cm³/mol. The number of anilines is 1. The molecular formula is C17H13N2O5P. The molecule has 0 aliphatic carbocycles. The van der Waals surface area contributed by atoms with Gasteiger partial charge in [-0.3, -0.25) is 9.32 Å². The second kappa shape index (κ2) is 9.99. The van der Waals surface area contributed by atoms with Gasteiger partial charge in [0.15, 0.2) is 0 Å². The van der Waals surface area contributed by atoms with Gasteiger partial charge in [-0.25, -0.2) is 4.57 Å². The summed E-state index contributed by atoms with van der Waals surface area (Å²) in [5, 5.41) is 2.51. The first-order chi connectivity index (χ1) is 11.8. The van der Waals surface area contributed by atoms with Gasteiger partial charge in [0.1, 0.15) is 6.04 Å². The Bertz CT molecular complexity index is 910. The van der Waals surface area contributed by atoms with Crippen LogP contribution in [0.3, 0.4) is 0 Å². The Morgan fingerprint density at radius 2 is 1.88 bits per heavy atom. The highest BCUT2D eigenvalue weighted by molar-refractivity contribution is 7.46. The standard InChI is InChI=1S/C17H13N2O5P/c1-2-3-4-5-6-7-10-14-11-8-9-12-16(14)19-17(20)15(18)13-24-25(21,22)23/h1,8-9,11-12,15H,13,18H2,(H,19,20)(H2,21,22,23)/t15-/m1/s1. The number of nitrogens with two attached hydrogens (primary N) is 1. The molecule has 0 unspecified atom stereocenters. The van der Waals surface area contributed by atoms with Gasteiger partial charge < -0.3 is 20.8 Å². The van der Waals surface area contributed by atoms with Crippen molar-refractivity contribution < 1.29 is 23.7 Å². The topological polar surface area (TPSA) is 122 Å². The lowest BCUT2D eigenvalue weighted by molar-refractivity contribution is -0.118. The maximum atomic E-state index is 11.9. The van der Waals surface area contributed by atoms with Gasteiger partial charge in [-0.05, 0) is 47.7 Å². The molecule has 0 aliphatic rings. The highest BCUT2D eigenvalue weighted by atomic mass is 31.2. The number of para-hydroxylation sites is 1. The molecule has 1 aromatic carbocycles. The molecular weight excluding hydrogens is 343 g/mol. The molecule has 0 radical (unpaired) electrons. The van der Waals surface area contributed by atoms with Crippen LogP contribution in [0.25, 0.3) is 0 Å². The van der Waals surface area contributed by atoms with E-state index in [2.05, 4.69) is 51.3 Å². The van der Waals surface area contributed by atoms with Crippen molar-refractivity contribution in [2.75, 3.05) is 11.9 Å². The van der Waals surface area contributed by atoms with Gasteiger partial charge in [-0.2, -0.15) is 0 Å². The van der Waals surface area contributed by atoms with Crippen LogP contribution in [0.4, 0.5) is 5.69 Å². The second-order valence-electron chi connectivity index (χ2n) is 4.32. The van der Waals surface area contributed by atoms with E-state index in [0.717, 1.165) is 0 Å². The van der Waals surface area contributed by atoms with E-state index >= 15 is 0 Å². The monoisotopic (exact) mass is 356 g/mol. The molecule has 25 heavy (non-hydrogen) atoms. The first-order valence-electron chi connectivity index (χ1n) is 6.65. The van der Waals surface area contributed by atoms with E-state index in [4.69, 9.17) is 21.9 Å². The maximum Gasteiger partial charge on any atom is 0.469 e. The molecule has 0 heterocycles. The number of hydrogen-bond donors (Lipinski definition) is 4. The number of carbonyl (C=O) groups is 1. The zero-order valence-electron chi connectivity index (χ0n) is 12.8. The molecule has 1 aromatic rings. The smallest absolute Gasteiger partial charge is 0.324 e. The summed E-state index contributed by atoms with van der Waals surface area (Å²) in [5.41, 5.74) is 6.35. The summed E-state index contributed by atoms with van der Waals surface area (Å²) in [6.45, 7) is -0.636. The van der Waals surface area contributed by atoms with Crippen LogP contribution >= 0.6 is 7.82 Å². The number of phosphoric acid groups is 1. The molecule has 8 heteroatoms. The SMILES string of the molecule is C#CC#CC#CC#Cc1ccccc1NC(=O)[C@H](N)COP(=O)(O)O.